The minimum absolute atomic E-state index is 0.144. The normalized spacial score (nSPS) is 18.9. The first-order valence-corrected chi connectivity index (χ1v) is 8.68. The maximum Gasteiger partial charge on any atom is 0.246 e. The zero-order valence-electron chi connectivity index (χ0n) is 14.0. The number of hydrogen-bond acceptors (Lipinski definition) is 4. The molecule has 7 nitrogen and oxygen atoms in total. The lowest BCUT2D eigenvalue weighted by Gasteiger charge is -2.37. The predicted molar refractivity (Wildman–Crippen MR) is 94.6 cm³/mol. The number of nitrogens with one attached hydrogen (secondary N) is 1. The molecule has 0 aliphatic carbocycles. The van der Waals surface area contributed by atoms with Crippen LogP contribution < -0.4 is 11.1 Å². The topological polar surface area (TPSA) is 110 Å². The Kier molecular flexibility index (Phi) is 5.94. The van der Waals surface area contributed by atoms with E-state index in [1.54, 1.807) is 38.1 Å². The fourth-order valence-corrected chi connectivity index (χ4v) is 2.97. The van der Waals surface area contributed by atoms with Crippen LogP contribution in [0.25, 0.3) is 0 Å². The van der Waals surface area contributed by atoms with Gasteiger partial charge in [-0.2, -0.15) is 0 Å². The molecule has 1 saturated heterocycles. The summed E-state index contributed by atoms with van der Waals surface area (Å²) in [4.78, 5) is 50.0. The molecule has 1 aromatic carbocycles. The smallest absolute Gasteiger partial charge is 0.246 e. The highest BCUT2D eigenvalue weighted by Gasteiger charge is 2.40. The highest BCUT2D eigenvalue weighted by Crippen LogP contribution is 2.18. The summed E-state index contributed by atoms with van der Waals surface area (Å²) in [6, 6.07) is 4.77. The number of carbonyl (C=O) groups is 4. The third-order valence-electron chi connectivity index (χ3n) is 4.10. The predicted octanol–water partition coefficient (Wildman–Crippen LogP) is 0.859. The third-order valence-corrected chi connectivity index (χ3v) is 4.62. The number of halogens is 1. The van der Waals surface area contributed by atoms with E-state index in [1.165, 1.54) is 0 Å². The van der Waals surface area contributed by atoms with Crippen LogP contribution in [0, 0.1) is 5.92 Å². The quantitative estimate of drug-likeness (QED) is 0.678. The standard InChI is InChI=1S/C17H20BrN3O4/c1-9(2)15-17(25)21(8-14(23)20-15)12(16(19)24)7-13(22)10-3-5-11(18)6-4-10/h3-6,9,12,15H,7-8H2,1-2H3,(H2,19,24)(H,20,23). The van der Waals surface area contributed by atoms with Gasteiger partial charge in [-0.25, -0.2) is 0 Å². The van der Waals surface area contributed by atoms with Gasteiger partial charge in [-0.15, -0.1) is 0 Å². The summed E-state index contributed by atoms with van der Waals surface area (Å²) in [6.07, 6.45) is -0.263. The number of ketones is 1. The van der Waals surface area contributed by atoms with Crippen molar-refractivity contribution in [2.45, 2.75) is 32.4 Å². The second kappa shape index (κ2) is 7.77. The molecule has 8 heteroatoms. The van der Waals surface area contributed by atoms with Crippen LogP contribution in [0.3, 0.4) is 0 Å². The molecule has 1 heterocycles. The summed E-state index contributed by atoms with van der Waals surface area (Å²) in [5, 5.41) is 2.61. The van der Waals surface area contributed by atoms with Crippen molar-refractivity contribution in [3.63, 3.8) is 0 Å². The Morgan fingerprint density at radius 2 is 1.88 bits per heavy atom. The molecular formula is C17H20BrN3O4. The van der Waals surface area contributed by atoms with E-state index in [9.17, 15) is 19.2 Å². The second-order valence-electron chi connectivity index (χ2n) is 6.31. The van der Waals surface area contributed by atoms with Gasteiger partial charge in [0.05, 0.1) is 0 Å². The molecule has 1 aliphatic heterocycles. The lowest BCUT2D eigenvalue weighted by molar-refractivity contribution is -0.150. The van der Waals surface area contributed by atoms with Gasteiger partial charge in [-0.3, -0.25) is 19.2 Å². The molecule has 2 unspecified atom stereocenters. The van der Waals surface area contributed by atoms with Gasteiger partial charge >= 0.3 is 0 Å². The van der Waals surface area contributed by atoms with Gasteiger partial charge < -0.3 is 16.0 Å². The van der Waals surface area contributed by atoms with Crippen molar-refractivity contribution in [2.75, 3.05) is 6.54 Å². The van der Waals surface area contributed by atoms with Crippen LogP contribution in [0.2, 0.25) is 0 Å². The number of amides is 3. The third kappa shape index (κ3) is 4.45. The van der Waals surface area contributed by atoms with E-state index in [2.05, 4.69) is 21.2 Å². The number of primary amides is 1. The SMILES string of the molecule is CC(C)C1NC(=O)CN(C(CC(=O)c2ccc(Br)cc2)C(N)=O)C1=O. The van der Waals surface area contributed by atoms with Crippen molar-refractivity contribution < 1.29 is 19.2 Å². The molecule has 2 atom stereocenters. The van der Waals surface area contributed by atoms with Crippen molar-refractivity contribution in [1.29, 1.82) is 0 Å². The molecule has 25 heavy (non-hydrogen) atoms. The lowest BCUT2D eigenvalue weighted by atomic mass is 9.96. The van der Waals surface area contributed by atoms with Gasteiger partial charge in [0.15, 0.2) is 5.78 Å². The Balaban J connectivity index is 2.23. The maximum absolute atomic E-state index is 12.6. The van der Waals surface area contributed by atoms with Gasteiger partial charge in [-0.05, 0) is 18.1 Å². The van der Waals surface area contributed by atoms with E-state index in [1.807, 2.05) is 0 Å². The molecule has 0 bridgehead atoms. The van der Waals surface area contributed by atoms with E-state index in [0.717, 1.165) is 9.37 Å². The van der Waals surface area contributed by atoms with Gasteiger partial charge in [0.2, 0.25) is 17.7 Å². The van der Waals surface area contributed by atoms with Crippen LogP contribution in [-0.2, 0) is 14.4 Å². The molecule has 1 aromatic rings. The fraction of sp³-hybridized carbons (Fsp3) is 0.412. The molecular weight excluding hydrogens is 390 g/mol. The minimum atomic E-state index is -1.16. The molecule has 1 aliphatic rings. The number of carbonyl (C=O) groups excluding carboxylic acids is 4. The molecule has 2 rings (SSSR count). The Morgan fingerprint density at radius 3 is 2.40 bits per heavy atom. The average Bonchev–Trinajstić information content (AvgIpc) is 2.54. The Hall–Kier alpha value is -2.22. The summed E-state index contributed by atoms with van der Waals surface area (Å²) >= 11 is 3.28. The van der Waals surface area contributed by atoms with E-state index >= 15 is 0 Å². The lowest BCUT2D eigenvalue weighted by Crippen LogP contribution is -2.64. The maximum atomic E-state index is 12.6. The summed E-state index contributed by atoms with van der Waals surface area (Å²) in [5.74, 6) is -2.05. The molecule has 3 amide bonds. The van der Waals surface area contributed by atoms with Crippen LogP contribution >= 0.6 is 15.9 Å². The molecule has 3 N–H and O–H groups in total. The van der Waals surface area contributed by atoms with Crippen molar-refractivity contribution >= 4 is 39.4 Å². The number of hydrogen-bond donors (Lipinski definition) is 2. The molecule has 0 aromatic heterocycles. The summed E-state index contributed by atoms with van der Waals surface area (Å²) in [6.45, 7) is 3.29. The zero-order chi connectivity index (χ0) is 18.7. The molecule has 1 fully saturated rings. The Bertz CT molecular complexity index is 702. The number of nitrogens with two attached hydrogens (primary N) is 1. The van der Waals surface area contributed by atoms with Crippen LogP contribution in [0.5, 0.6) is 0 Å². The number of piperazine rings is 1. The highest BCUT2D eigenvalue weighted by molar-refractivity contribution is 9.10. The first-order chi connectivity index (χ1) is 11.7. The molecule has 134 valence electrons. The van der Waals surface area contributed by atoms with Gasteiger partial charge in [0.1, 0.15) is 18.6 Å². The first-order valence-electron chi connectivity index (χ1n) is 7.88. The number of benzene rings is 1. The minimum Gasteiger partial charge on any atom is -0.368 e. The highest BCUT2D eigenvalue weighted by atomic mass is 79.9. The van der Waals surface area contributed by atoms with E-state index in [4.69, 9.17) is 5.73 Å². The van der Waals surface area contributed by atoms with Crippen molar-refractivity contribution in [2.24, 2.45) is 11.7 Å². The van der Waals surface area contributed by atoms with E-state index in [-0.39, 0.29) is 30.6 Å². The Labute approximate surface area is 154 Å². The second-order valence-corrected chi connectivity index (χ2v) is 7.22. The summed E-state index contributed by atoms with van der Waals surface area (Å²) in [7, 11) is 0. The van der Waals surface area contributed by atoms with Gasteiger partial charge in [0.25, 0.3) is 0 Å². The van der Waals surface area contributed by atoms with E-state index in [0.29, 0.717) is 5.56 Å². The van der Waals surface area contributed by atoms with Crippen molar-refractivity contribution in [3.8, 4) is 0 Å². The zero-order valence-corrected chi connectivity index (χ0v) is 15.6. The molecule has 0 spiro atoms. The summed E-state index contributed by atoms with van der Waals surface area (Å²) in [5.41, 5.74) is 5.83. The number of rotatable bonds is 6. The summed E-state index contributed by atoms with van der Waals surface area (Å²) < 4.78 is 0.818. The fourth-order valence-electron chi connectivity index (χ4n) is 2.70. The van der Waals surface area contributed by atoms with Crippen molar-refractivity contribution in [1.82, 2.24) is 10.2 Å². The van der Waals surface area contributed by atoms with Crippen LogP contribution in [0.15, 0.2) is 28.7 Å². The van der Waals surface area contributed by atoms with Gasteiger partial charge in [-0.1, -0.05) is 41.9 Å². The largest absolute Gasteiger partial charge is 0.368 e. The van der Waals surface area contributed by atoms with Gasteiger partial charge in [0, 0.05) is 16.5 Å². The number of nitrogens with zero attached hydrogens (tertiary/aromatic N) is 1. The molecule has 0 radical (unpaired) electrons. The monoisotopic (exact) mass is 409 g/mol. The van der Waals surface area contributed by atoms with Crippen LogP contribution in [-0.4, -0.2) is 47.0 Å². The molecule has 0 saturated carbocycles. The van der Waals surface area contributed by atoms with Crippen LogP contribution in [0.1, 0.15) is 30.6 Å². The Morgan fingerprint density at radius 1 is 1.28 bits per heavy atom. The van der Waals surface area contributed by atoms with E-state index < -0.39 is 23.9 Å². The van der Waals surface area contributed by atoms with Crippen LogP contribution in [0.4, 0.5) is 0 Å². The van der Waals surface area contributed by atoms with Crippen molar-refractivity contribution in [3.05, 3.63) is 34.3 Å². The average molecular weight is 410 g/mol. The first kappa shape index (κ1) is 19.1. The number of Topliss-reactive ketones (excluding diaryl/α,β-unsaturated/α-hetero) is 1.